The lowest BCUT2D eigenvalue weighted by molar-refractivity contribution is 0.335. The third-order valence-corrected chi connectivity index (χ3v) is 5.72. The van der Waals surface area contributed by atoms with Gasteiger partial charge in [-0.25, -0.2) is 4.79 Å². The first-order chi connectivity index (χ1) is 18.8. The van der Waals surface area contributed by atoms with Gasteiger partial charge in [-0.15, -0.1) is 0 Å². The molecule has 0 fully saturated rings. The minimum Gasteiger partial charge on any atom is -0.504 e. The number of rotatable bonds is 6. The maximum absolute atomic E-state index is 12.2. The minimum absolute atomic E-state index is 0.0264. The minimum atomic E-state index is -0.427. The fraction of sp³-hybridized carbons (Fsp3) is 0.161. The van der Waals surface area contributed by atoms with Crippen molar-refractivity contribution in [1.82, 2.24) is 0 Å². The van der Waals surface area contributed by atoms with Crippen molar-refractivity contribution in [2.45, 2.75) is 13.8 Å². The van der Waals surface area contributed by atoms with Crippen molar-refractivity contribution in [1.29, 1.82) is 0 Å². The summed E-state index contributed by atoms with van der Waals surface area (Å²) in [5.41, 5.74) is 2.30. The zero-order valence-corrected chi connectivity index (χ0v) is 22.0. The van der Waals surface area contributed by atoms with Crippen LogP contribution in [-0.4, -0.2) is 25.9 Å². The molecule has 2 aromatic heterocycles. The van der Waals surface area contributed by atoms with Gasteiger partial charge in [0, 0.05) is 35.2 Å². The lowest BCUT2D eigenvalue weighted by Gasteiger charge is -2.07. The molecule has 8 nitrogen and oxygen atoms in total. The molecule has 5 rings (SSSR count). The number of ether oxygens (including phenoxy) is 3. The summed E-state index contributed by atoms with van der Waals surface area (Å²) in [5.74, 6) is 2.18. The van der Waals surface area contributed by atoms with Crippen molar-refractivity contribution in [2.24, 2.45) is 0 Å². The summed E-state index contributed by atoms with van der Waals surface area (Å²) in [4.78, 5) is 23.3. The predicted molar refractivity (Wildman–Crippen MR) is 150 cm³/mol. The van der Waals surface area contributed by atoms with Gasteiger partial charge in [-0.2, -0.15) is 0 Å². The Kier molecular flexibility index (Phi) is 8.36. The number of phenols is 1. The number of benzene rings is 3. The van der Waals surface area contributed by atoms with Crippen LogP contribution in [0.15, 0.2) is 103 Å². The van der Waals surface area contributed by atoms with Crippen molar-refractivity contribution < 1.29 is 28.2 Å². The average Bonchev–Trinajstić information content (AvgIpc) is 2.93. The lowest BCUT2D eigenvalue weighted by atomic mass is 10.1. The monoisotopic (exact) mass is 528 g/mol. The molecular weight excluding hydrogens is 500 g/mol. The van der Waals surface area contributed by atoms with Crippen molar-refractivity contribution in [3.05, 3.63) is 105 Å². The van der Waals surface area contributed by atoms with E-state index in [1.54, 1.807) is 38.5 Å². The molecule has 39 heavy (non-hydrogen) atoms. The van der Waals surface area contributed by atoms with Crippen LogP contribution >= 0.6 is 0 Å². The molecule has 5 aromatic rings. The summed E-state index contributed by atoms with van der Waals surface area (Å²) >= 11 is 0. The van der Waals surface area contributed by atoms with E-state index in [1.807, 2.05) is 44.2 Å². The highest BCUT2D eigenvalue weighted by atomic mass is 16.5. The molecule has 8 heteroatoms. The molecule has 0 saturated heterocycles. The molecule has 0 radical (unpaired) electrons. The largest absolute Gasteiger partial charge is 0.504 e. The zero-order valence-electron chi connectivity index (χ0n) is 22.0. The molecule has 0 atom stereocenters. The molecule has 0 amide bonds. The van der Waals surface area contributed by atoms with E-state index < -0.39 is 5.63 Å². The van der Waals surface area contributed by atoms with E-state index in [0.717, 1.165) is 11.1 Å². The Morgan fingerprint density at radius 3 is 2.36 bits per heavy atom. The highest BCUT2D eigenvalue weighted by Crippen LogP contribution is 2.31. The van der Waals surface area contributed by atoms with Gasteiger partial charge in [0.25, 0.3) is 0 Å². The van der Waals surface area contributed by atoms with E-state index in [2.05, 4.69) is 0 Å². The molecule has 0 spiro atoms. The third-order valence-electron chi connectivity index (χ3n) is 5.72. The first-order valence-electron chi connectivity index (χ1n) is 12.1. The Morgan fingerprint density at radius 2 is 1.62 bits per heavy atom. The quantitative estimate of drug-likeness (QED) is 0.201. The smallest absolute Gasteiger partial charge is 0.336 e. The van der Waals surface area contributed by atoms with Crippen LogP contribution in [0.25, 0.3) is 33.3 Å². The van der Waals surface area contributed by atoms with Crippen LogP contribution in [0.1, 0.15) is 13.8 Å². The molecule has 0 aliphatic carbocycles. The van der Waals surface area contributed by atoms with Crippen molar-refractivity contribution in [3.63, 3.8) is 0 Å². The van der Waals surface area contributed by atoms with E-state index in [-0.39, 0.29) is 11.2 Å². The number of methoxy groups -OCH3 is 2. The third kappa shape index (κ3) is 6.67. The predicted octanol–water partition coefficient (Wildman–Crippen LogP) is 6.32. The second kappa shape index (κ2) is 12.0. The molecule has 0 unspecified atom stereocenters. The van der Waals surface area contributed by atoms with E-state index in [0.29, 0.717) is 51.6 Å². The van der Waals surface area contributed by atoms with Crippen LogP contribution in [0.5, 0.6) is 23.0 Å². The van der Waals surface area contributed by atoms with Gasteiger partial charge < -0.3 is 28.2 Å². The SMILES string of the molecule is CC(C)=CCOc1cc2oc(=O)ccc2cc1O.COc1cccc(-c2cc(=O)c3ccc(OC)cc3o2)c1. The van der Waals surface area contributed by atoms with Crippen LogP contribution in [0.3, 0.4) is 0 Å². The van der Waals surface area contributed by atoms with Crippen molar-refractivity contribution in [3.8, 4) is 34.3 Å². The highest BCUT2D eigenvalue weighted by molar-refractivity contribution is 5.81. The lowest BCUT2D eigenvalue weighted by Crippen LogP contribution is -2.00. The Morgan fingerprint density at radius 1 is 0.846 bits per heavy atom. The van der Waals surface area contributed by atoms with Crippen molar-refractivity contribution >= 4 is 21.9 Å². The van der Waals surface area contributed by atoms with Crippen LogP contribution in [0.2, 0.25) is 0 Å². The standard InChI is InChI=1S/C17H14O4.C14H14O4/c1-19-12-5-3-4-11(8-12)16-10-15(18)14-7-6-13(20-2)9-17(14)21-16;1-9(2)5-6-17-13-8-12-10(7-11(13)15)3-4-14(16)18-12/h3-10H,1-2H3;3-5,7-8,15H,6H2,1-2H3. The summed E-state index contributed by atoms with van der Waals surface area (Å²) in [6.45, 7) is 4.28. The molecule has 2 heterocycles. The number of hydrogen-bond acceptors (Lipinski definition) is 8. The summed E-state index contributed by atoms with van der Waals surface area (Å²) in [7, 11) is 3.17. The fourth-order valence-electron chi connectivity index (χ4n) is 3.68. The van der Waals surface area contributed by atoms with Gasteiger partial charge in [-0.1, -0.05) is 17.7 Å². The Bertz CT molecular complexity index is 1760. The van der Waals surface area contributed by atoms with Gasteiger partial charge in [-0.3, -0.25) is 4.79 Å². The van der Waals surface area contributed by atoms with Gasteiger partial charge >= 0.3 is 5.63 Å². The van der Waals surface area contributed by atoms with Crippen LogP contribution < -0.4 is 25.3 Å². The fourth-order valence-corrected chi connectivity index (χ4v) is 3.68. The van der Waals surface area contributed by atoms with E-state index in [9.17, 15) is 14.7 Å². The van der Waals surface area contributed by atoms with Gasteiger partial charge in [-0.05, 0) is 56.3 Å². The van der Waals surface area contributed by atoms with Gasteiger partial charge in [0.1, 0.15) is 35.0 Å². The van der Waals surface area contributed by atoms with Crippen LogP contribution in [0, 0.1) is 0 Å². The number of phenolic OH excluding ortho intramolecular Hbond substituents is 1. The summed E-state index contributed by atoms with van der Waals surface area (Å²) in [6, 6.07) is 20.0. The van der Waals surface area contributed by atoms with E-state index in [4.69, 9.17) is 23.0 Å². The maximum atomic E-state index is 12.2. The molecule has 3 aromatic carbocycles. The summed E-state index contributed by atoms with van der Waals surface area (Å²) in [6.07, 6.45) is 1.89. The number of allylic oxidation sites excluding steroid dienone is 1. The van der Waals surface area contributed by atoms with Gasteiger partial charge in [0.2, 0.25) is 0 Å². The first kappa shape index (κ1) is 27.1. The second-order valence-electron chi connectivity index (χ2n) is 8.77. The van der Waals surface area contributed by atoms with Crippen molar-refractivity contribution in [2.75, 3.05) is 20.8 Å². The van der Waals surface area contributed by atoms with E-state index in [1.165, 1.54) is 24.3 Å². The Labute approximate surface area is 224 Å². The highest BCUT2D eigenvalue weighted by Gasteiger charge is 2.09. The molecule has 0 aliphatic rings. The Hall–Kier alpha value is -4.98. The van der Waals surface area contributed by atoms with Gasteiger partial charge in [0.15, 0.2) is 16.9 Å². The topological polar surface area (TPSA) is 108 Å². The zero-order chi connectivity index (χ0) is 27.9. The summed E-state index contributed by atoms with van der Waals surface area (Å²) < 4.78 is 26.6. The molecule has 0 saturated carbocycles. The summed E-state index contributed by atoms with van der Waals surface area (Å²) in [5, 5.41) is 11.0. The Balaban J connectivity index is 0.000000183. The number of aromatic hydroxyl groups is 1. The van der Waals surface area contributed by atoms with E-state index >= 15 is 0 Å². The molecule has 200 valence electrons. The normalized spacial score (nSPS) is 10.5. The maximum Gasteiger partial charge on any atom is 0.336 e. The molecule has 0 aliphatic heterocycles. The first-order valence-corrected chi connectivity index (χ1v) is 12.1. The second-order valence-corrected chi connectivity index (χ2v) is 8.77. The number of fused-ring (bicyclic) bond motifs is 2. The molecule has 1 N–H and O–H groups in total. The van der Waals surface area contributed by atoms with Gasteiger partial charge in [0.05, 0.1) is 19.6 Å². The molecule has 0 bridgehead atoms. The van der Waals surface area contributed by atoms with Crippen LogP contribution in [-0.2, 0) is 0 Å². The van der Waals surface area contributed by atoms with Crippen LogP contribution in [0.4, 0.5) is 0 Å². The number of hydrogen-bond donors (Lipinski definition) is 1. The average molecular weight is 529 g/mol. The molecular formula is C31H28O8.